The van der Waals surface area contributed by atoms with Gasteiger partial charge in [0.25, 0.3) is 0 Å². The molecule has 3 rings (SSSR count). The Labute approximate surface area is 125 Å². The van der Waals surface area contributed by atoms with Crippen LogP contribution in [0.2, 0.25) is 0 Å². The van der Waals surface area contributed by atoms with Gasteiger partial charge in [-0.25, -0.2) is 8.42 Å². The molecule has 0 amide bonds. The van der Waals surface area contributed by atoms with E-state index in [1.54, 1.807) is 17.3 Å². The van der Waals surface area contributed by atoms with E-state index in [2.05, 4.69) is 11.9 Å². The lowest BCUT2D eigenvalue weighted by molar-refractivity contribution is 0.246. The molecular formula is C14H23N3O3S. The second kappa shape index (κ2) is 5.39. The zero-order valence-electron chi connectivity index (χ0n) is 12.6. The molecule has 118 valence electrons. The molecule has 2 aliphatic heterocycles. The number of furan rings is 1. The van der Waals surface area contributed by atoms with E-state index in [0.717, 1.165) is 12.8 Å². The van der Waals surface area contributed by atoms with Gasteiger partial charge in [-0.15, -0.1) is 0 Å². The first-order valence-corrected chi connectivity index (χ1v) is 8.89. The number of hydrogen-bond acceptors (Lipinski definition) is 5. The Balaban J connectivity index is 1.89. The number of hydrogen-bond donors (Lipinski definition) is 1. The van der Waals surface area contributed by atoms with Crippen LogP contribution in [-0.2, 0) is 16.6 Å². The molecule has 1 aromatic rings. The van der Waals surface area contributed by atoms with Crippen molar-refractivity contribution in [3.63, 3.8) is 0 Å². The summed E-state index contributed by atoms with van der Waals surface area (Å²) >= 11 is 0. The third-order valence-electron chi connectivity index (χ3n) is 4.85. The fraction of sp³-hybridized carbons (Fsp3) is 0.714. The van der Waals surface area contributed by atoms with E-state index in [9.17, 15) is 8.42 Å². The molecule has 0 radical (unpaired) electrons. The Morgan fingerprint density at radius 2 is 2.05 bits per heavy atom. The molecule has 2 unspecified atom stereocenters. The summed E-state index contributed by atoms with van der Waals surface area (Å²) in [4.78, 5) is 2.60. The van der Waals surface area contributed by atoms with Crippen molar-refractivity contribution in [2.75, 3.05) is 20.1 Å². The zero-order valence-corrected chi connectivity index (χ0v) is 13.4. The zero-order chi connectivity index (χ0) is 15.2. The molecule has 3 heterocycles. The van der Waals surface area contributed by atoms with Crippen LogP contribution in [0.4, 0.5) is 0 Å². The van der Waals surface area contributed by atoms with Crippen LogP contribution in [0.15, 0.2) is 15.4 Å². The van der Waals surface area contributed by atoms with Gasteiger partial charge in [-0.3, -0.25) is 4.90 Å². The van der Waals surface area contributed by atoms with E-state index in [1.807, 2.05) is 0 Å². The van der Waals surface area contributed by atoms with E-state index in [4.69, 9.17) is 10.2 Å². The Hall–Kier alpha value is -0.890. The van der Waals surface area contributed by atoms with Crippen LogP contribution in [0.5, 0.6) is 0 Å². The van der Waals surface area contributed by atoms with Crippen molar-refractivity contribution < 1.29 is 12.8 Å². The highest BCUT2D eigenvalue weighted by Gasteiger charge is 2.39. The van der Waals surface area contributed by atoms with Gasteiger partial charge in [-0.05, 0) is 33.2 Å². The quantitative estimate of drug-likeness (QED) is 0.897. The van der Waals surface area contributed by atoms with Crippen LogP contribution >= 0.6 is 0 Å². The monoisotopic (exact) mass is 313 g/mol. The summed E-state index contributed by atoms with van der Waals surface area (Å²) in [7, 11) is -1.39. The molecule has 0 saturated carbocycles. The van der Waals surface area contributed by atoms with Crippen LogP contribution in [-0.4, -0.2) is 49.8 Å². The van der Waals surface area contributed by atoms with Crippen LogP contribution in [0.1, 0.15) is 30.8 Å². The van der Waals surface area contributed by atoms with Crippen molar-refractivity contribution in [3.05, 3.63) is 17.6 Å². The molecular weight excluding hydrogens is 290 g/mol. The van der Waals surface area contributed by atoms with Gasteiger partial charge in [0.2, 0.25) is 10.0 Å². The normalized spacial score (nSPS) is 28.0. The minimum absolute atomic E-state index is 0.212. The highest BCUT2D eigenvalue weighted by Crippen LogP contribution is 2.32. The number of likely N-dealkylation sites (N-methyl/N-ethyl adjacent to an activating group) is 1. The molecule has 6 nitrogen and oxygen atoms in total. The molecule has 2 bridgehead atoms. The van der Waals surface area contributed by atoms with Crippen molar-refractivity contribution in [3.8, 4) is 0 Å². The van der Waals surface area contributed by atoms with Gasteiger partial charge in [0.1, 0.15) is 16.4 Å². The lowest BCUT2D eigenvalue weighted by Crippen LogP contribution is -2.39. The van der Waals surface area contributed by atoms with Crippen molar-refractivity contribution in [2.45, 2.75) is 49.7 Å². The van der Waals surface area contributed by atoms with Crippen LogP contribution in [0.25, 0.3) is 0 Å². The molecule has 2 atom stereocenters. The van der Waals surface area contributed by atoms with Crippen molar-refractivity contribution >= 4 is 10.0 Å². The Kier molecular flexibility index (Phi) is 3.85. The van der Waals surface area contributed by atoms with Gasteiger partial charge in [0.15, 0.2) is 0 Å². The van der Waals surface area contributed by atoms with Crippen LogP contribution in [0, 0.1) is 6.92 Å². The average molecular weight is 313 g/mol. The van der Waals surface area contributed by atoms with Crippen molar-refractivity contribution in [1.29, 1.82) is 0 Å². The molecule has 0 spiro atoms. The van der Waals surface area contributed by atoms with Crippen molar-refractivity contribution in [2.24, 2.45) is 5.73 Å². The minimum Gasteiger partial charge on any atom is -0.464 e. The van der Waals surface area contributed by atoms with Gasteiger partial charge in [0, 0.05) is 31.2 Å². The summed E-state index contributed by atoms with van der Waals surface area (Å²) in [6, 6.07) is 2.41. The van der Waals surface area contributed by atoms with E-state index in [0.29, 0.717) is 36.7 Å². The highest BCUT2D eigenvalue weighted by atomic mass is 32.2. The van der Waals surface area contributed by atoms with E-state index < -0.39 is 10.0 Å². The molecule has 0 aromatic carbocycles. The summed E-state index contributed by atoms with van der Waals surface area (Å²) in [6.45, 7) is 3.04. The van der Waals surface area contributed by atoms with E-state index in [1.165, 1.54) is 6.42 Å². The molecule has 2 saturated heterocycles. The second-order valence-electron chi connectivity index (χ2n) is 6.04. The number of sulfonamides is 1. The number of fused-ring (bicyclic) bond motifs is 2. The molecule has 2 fully saturated rings. The molecule has 7 heteroatoms. The first-order valence-electron chi connectivity index (χ1n) is 7.45. The fourth-order valence-electron chi connectivity index (χ4n) is 3.52. The predicted molar refractivity (Wildman–Crippen MR) is 79.3 cm³/mol. The van der Waals surface area contributed by atoms with Crippen molar-refractivity contribution in [1.82, 2.24) is 9.21 Å². The maximum atomic E-state index is 12.9. The Morgan fingerprint density at radius 1 is 1.33 bits per heavy atom. The summed E-state index contributed by atoms with van der Waals surface area (Å²) < 4.78 is 32.8. The largest absolute Gasteiger partial charge is 0.464 e. The summed E-state index contributed by atoms with van der Waals surface area (Å²) in [6.07, 6.45) is 3.15. The summed E-state index contributed by atoms with van der Waals surface area (Å²) in [5.41, 5.74) is 5.54. The lowest BCUT2D eigenvalue weighted by Gasteiger charge is -2.25. The average Bonchev–Trinajstić information content (AvgIpc) is 2.90. The lowest BCUT2D eigenvalue weighted by atomic mass is 10.1. The third-order valence-corrected chi connectivity index (χ3v) is 6.83. The summed E-state index contributed by atoms with van der Waals surface area (Å²) in [5, 5.41) is 0. The fourth-order valence-corrected chi connectivity index (χ4v) is 5.19. The highest BCUT2D eigenvalue weighted by molar-refractivity contribution is 7.89. The molecule has 0 aliphatic carbocycles. The van der Waals surface area contributed by atoms with Crippen LogP contribution in [0.3, 0.4) is 0 Å². The molecule has 2 aliphatic rings. The topological polar surface area (TPSA) is 79.8 Å². The number of rotatable bonds is 3. The van der Waals surface area contributed by atoms with Gasteiger partial charge in [-0.2, -0.15) is 4.31 Å². The van der Waals surface area contributed by atoms with Gasteiger partial charge >= 0.3 is 0 Å². The SMILES string of the molecule is Cc1oc(CN)cc1S(=O)(=O)N1CCC2CCC(C1)N2C. The number of nitrogens with zero attached hydrogens (tertiary/aromatic N) is 2. The standard InChI is InChI=1S/C14H23N3O3S/c1-10-14(7-13(8-15)20-10)21(18,19)17-6-5-11-3-4-12(9-17)16(11)2/h7,11-12H,3-6,8-9,15H2,1-2H3. The minimum atomic E-state index is -3.49. The molecule has 21 heavy (non-hydrogen) atoms. The van der Waals surface area contributed by atoms with E-state index in [-0.39, 0.29) is 11.4 Å². The van der Waals surface area contributed by atoms with E-state index >= 15 is 0 Å². The second-order valence-corrected chi connectivity index (χ2v) is 7.95. The van der Waals surface area contributed by atoms with Gasteiger partial charge in [0.05, 0.1) is 6.54 Å². The maximum absolute atomic E-state index is 12.9. The Bertz CT molecular complexity index is 625. The molecule has 2 N–H and O–H groups in total. The third kappa shape index (κ3) is 2.52. The summed E-state index contributed by atoms with van der Waals surface area (Å²) in [5.74, 6) is 0.942. The smallest absolute Gasteiger partial charge is 0.246 e. The first kappa shape index (κ1) is 15.0. The number of nitrogens with two attached hydrogens (primary N) is 1. The van der Waals surface area contributed by atoms with Gasteiger partial charge < -0.3 is 10.2 Å². The van der Waals surface area contributed by atoms with Crippen LogP contribution < -0.4 is 5.73 Å². The predicted octanol–water partition coefficient (Wildman–Crippen LogP) is 0.904. The molecule has 1 aromatic heterocycles. The first-order chi connectivity index (χ1) is 9.93. The maximum Gasteiger partial charge on any atom is 0.246 e. The Morgan fingerprint density at radius 3 is 2.71 bits per heavy atom. The van der Waals surface area contributed by atoms with Gasteiger partial charge in [-0.1, -0.05) is 0 Å². The number of aryl methyl sites for hydroxylation is 1.